The normalized spacial score (nSPS) is 10.2. The van der Waals surface area contributed by atoms with Crippen molar-refractivity contribution < 1.29 is 14.4 Å². The number of carbonyl (C=O) groups excluding carboxylic acids is 2. The highest BCUT2D eigenvalue weighted by Crippen LogP contribution is 2.22. The summed E-state index contributed by atoms with van der Waals surface area (Å²) in [6, 6.07) is 3.56. The third kappa shape index (κ3) is 4.25. The molecule has 2 aromatic heterocycles. The molecule has 0 aromatic carbocycles. The van der Waals surface area contributed by atoms with Gasteiger partial charge in [0.15, 0.2) is 0 Å². The van der Waals surface area contributed by atoms with Gasteiger partial charge in [0.2, 0.25) is 0 Å². The Balaban J connectivity index is 1.95. The van der Waals surface area contributed by atoms with Gasteiger partial charge in [0.1, 0.15) is 10.7 Å². The van der Waals surface area contributed by atoms with Crippen LogP contribution in [0.5, 0.6) is 0 Å². The molecule has 0 saturated carbocycles. The summed E-state index contributed by atoms with van der Waals surface area (Å²) in [4.78, 5) is 35.8. The Morgan fingerprint density at radius 3 is 2.86 bits per heavy atom. The third-order valence-corrected chi connectivity index (χ3v) is 3.18. The van der Waals surface area contributed by atoms with Gasteiger partial charge in [-0.3, -0.25) is 9.78 Å². The predicted molar refractivity (Wildman–Crippen MR) is 77.6 cm³/mol. The highest BCUT2D eigenvalue weighted by atomic mass is 32.1. The van der Waals surface area contributed by atoms with E-state index in [2.05, 4.69) is 20.1 Å². The summed E-state index contributed by atoms with van der Waals surface area (Å²) in [7, 11) is 0. The van der Waals surface area contributed by atoms with Crippen molar-refractivity contribution >= 4 is 23.3 Å². The molecule has 0 atom stereocenters. The Morgan fingerprint density at radius 2 is 2.19 bits per heavy atom. The second kappa shape index (κ2) is 6.80. The number of thiazole rings is 1. The van der Waals surface area contributed by atoms with E-state index in [9.17, 15) is 9.59 Å². The van der Waals surface area contributed by atoms with E-state index in [0.29, 0.717) is 5.01 Å². The number of pyridine rings is 1. The first-order valence-electron chi connectivity index (χ1n) is 6.20. The summed E-state index contributed by atoms with van der Waals surface area (Å²) in [6.07, 6.45) is 2.60. The summed E-state index contributed by atoms with van der Waals surface area (Å²) in [5.74, 6) is -0.583. The minimum atomic E-state index is -0.721. The van der Waals surface area contributed by atoms with Gasteiger partial charge in [0.05, 0.1) is 0 Å². The Morgan fingerprint density at radius 1 is 1.38 bits per heavy atom. The molecule has 2 rings (SSSR count). The molecule has 110 valence electrons. The van der Waals surface area contributed by atoms with E-state index in [1.54, 1.807) is 37.7 Å². The van der Waals surface area contributed by atoms with Crippen molar-refractivity contribution in [2.75, 3.05) is 0 Å². The molecule has 0 radical (unpaired) electrons. The second-order valence-electron chi connectivity index (χ2n) is 4.40. The maximum atomic E-state index is 11.8. The Bertz CT molecular complexity index is 627. The number of nitrogens with one attached hydrogen (secondary N) is 2. The number of aromatic nitrogens is 2. The summed E-state index contributed by atoms with van der Waals surface area (Å²) in [5, 5.41) is 4.73. The zero-order valence-electron chi connectivity index (χ0n) is 11.5. The number of nitrogens with zero attached hydrogens (tertiary/aromatic N) is 2. The van der Waals surface area contributed by atoms with Crippen LogP contribution in [0.2, 0.25) is 0 Å². The molecule has 2 aromatic rings. The van der Waals surface area contributed by atoms with E-state index >= 15 is 0 Å². The molecule has 0 aliphatic rings. The number of hydrogen-bond acceptors (Lipinski definition) is 6. The molecule has 7 nitrogen and oxygen atoms in total. The van der Waals surface area contributed by atoms with Crippen LogP contribution in [0, 0.1) is 0 Å². The summed E-state index contributed by atoms with van der Waals surface area (Å²) >= 11 is 1.31. The van der Waals surface area contributed by atoms with Crippen LogP contribution in [0.3, 0.4) is 0 Å². The molecule has 0 aliphatic heterocycles. The monoisotopic (exact) mass is 306 g/mol. The van der Waals surface area contributed by atoms with E-state index < -0.39 is 12.0 Å². The van der Waals surface area contributed by atoms with Gasteiger partial charge < -0.3 is 10.2 Å². The number of rotatable bonds is 3. The number of amides is 2. The van der Waals surface area contributed by atoms with Crippen molar-refractivity contribution in [3.8, 4) is 10.6 Å². The molecule has 8 heteroatoms. The fraction of sp³-hybridized carbons (Fsp3) is 0.231. The molecule has 0 spiro atoms. The lowest BCUT2D eigenvalue weighted by atomic mass is 10.3. The molecule has 21 heavy (non-hydrogen) atoms. The van der Waals surface area contributed by atoms with E-state index in [1.165, 1.54) is 11.3 Å². The number of hydrogen-bond donors (Lipinski definition) is 2. The van der Waals surface area contributed by atoms with Gasteiger partial charge in [-0.1, -0.05) is 0 Å². The summed E-state index contributed by atoms with van der Waals surface area (Å²) < 4.78 is 0. The molecule has 2 heterocycles. The molecule has 0 unspecified atom stereocenters. The molecule has 0 aliphatic carbocycles. The smallest absolute Gasteiger partial charge is 0.321 e. The fourth-order valence-corrected chi connectivity index (χ4v) is 2.20. The van der Waals surface area contributed by atoms with Gasteiger partial charge in [-0.15, -0.1) is 11.3 Å². The van der Waals surface area contributed by atoms with Crippen molar-refractivity contribution in [1.29, 1.82) is 0 Å². The Labute approximate surface area is 125 Å². The standard InChI is InChI=1S/C13H14N4O3S/c1-8(2)15-13(19)20-17-11(18)10-7-21-12(16-10)9-4-3-5-14-6-9/h3-8H,1-2H3,(H,15,19)(H,17,18). The second-order valence-corrected chi connectivity index (χ2v) is 5.26. The van der Waals surface area contributed by atoms with Crippen molar-refractivity contribution in [2.45, 2.75) is 19.9 Å². The molecular weight excluding hydrogens is 292 g/mol. The van der Waals surface area contributed by atoms with Gasteiger partial charge in [-0.05, 0) is 26.0 Å². The topological polar surface area (TPSA) is 93.2 Å². The molecule has 2 amide bonds. The highest BCUT2D eigenvalue weighted by molar-refractivity contribution is 7.13. The van der Waals surface area contributed by atoms with E-state index in [4.69, 9.17) is 0 Å². The first kappa shape index (κ1) is 14.9. The van der Waals surface area contributed by atoms with Crippen LogP contribution < -0.4 is 10.8 Å². The van der Waals surface area contributed by atoms with Gasteiger partial charge in [-0.25, -0.2) is 9.78 Å². The molecule has 0 bridgehead atoms. The van der Waals surface area contributed by atoms with Crippen LogP contribution >= 0.6 is 11.3 Å². The van der Waals surface area contributed by atoms with Crippen LogP contribution in [0.25, 0.3) is 10.6 Å². The number of hydroxylamine groups is 1. The first-order valence-corrected chi connectivity index (χ1v) is 7.08. The maximum absolute atomic E-state index is 11.8. The van der Waals surface area contributed by atoms with Crippen molar-refractivity contribution in [3.05, 3.63) is 35.6 Å². The number of carbonyl (C=O) groups is 2. The van der Waals surface area contributed by atoms with Crippen LogP contribution in [0.15, 0.2) is 29.9 Å². The SMILES string of the molecule is CC(C)NC(=O)ONC(=O)c1csc(-c2cccnc2)n1. The average Bonchev–Trinajstić information content (AvgIpc) is 2.95. The molecule has 0 fully saturated rings. The van der Waals surface area contributed by atoms with Gasteiger partial charge in [-0.2, -0.15) is 5.48 Å². The van der Waals surface area contributed by atoms with Crippen molar-refractivity contribution in [1.82, 2.24) is 20.8 Å². The van der Waals surface area contributed by atoms with Gasteiger partial charge in [0.25, 0.3) is 0 Å². The van der Waals surface area contributed by atoms with E-state index in [-0.39, 0.29) is 11.7 Å². The molecule has 2 N–H and O–H groups in total. The lowest BCUT2D eigenvalue weighted by Gasteiger charge is -2.08. The Hall–Kier alpha value is -2.48. The van der Waals surface area contributed by atoms with Crippen LogP contribution in [-0.4, -0.2) is 28.0 Å². The average molecular weight is 306 g/mol. The maximum Gasteiger partial charge on any atom is 0.431 e. The minimum absolute atomic E-state index is 0.0779. The lowest BCUT2D eigenvalue weighted by Crippen LogP contribution is -2.37. The molecular formula is C13H14N4O3S. The van der Waals surface area contributed by atoms with E-state index in [1.807, 2.05) is 11.5 Å². The quantitative estimate of drug-likeness (QED) is 0.846. The van der Waals surface area contributed by atoms with Crippen LogP contribution in [0.1, 0.15) is 24.3 Å². The van der Waals surface area contributed by atoms with Crippen LogP contribution in [-0.2, 0) is 4.84 Å². The zero-order valence-corrected chi connectivity index (χ0v) is 12.3. The van der Waals surface area contributed by atoms with Crippen molar-refractivity contribution in [3.63, 3.8) is 0 Å². The van der Waals surface area contributed by atoms with Gasteiger partial charge in [0, 0.05) is 29.4 Å². The predicted octanol–water partition coefficient (Wildman–Crippen LogP) is 1.98. The van der Waals surface area contributed by atoms with Crippen LogP contribution in [0.4, 0.5) is 4.79 Å². The third-order valence-electron chi connectivity index (χ3n) is 2.29. The lowest BCUT2D eigenvalue weighted by molar-refractivity contribution is 0.0561. The Kier molecular flexibility index (Phi) is 4.83. The minimum Gasteiger partial charge on any atom is -0.321 e. The first-order chi connectivity index (χ1) is 10.1. The largest absolute Gasteiger partial charge is 0.431 e. The highest BCUT2D eigenvalue weighted by Gasteiger charge is 2.14. The van der Waals surface area contributed by atoms with Crippen molar-refractivity contribution in [2.24, 2.45) is 0 Å². The fourth-order valence-electron chi connectivity index (χ4n) is 1.41. The molecule has 0 saturated heterocycles. The summed E-state index contributed by atoms with van der Waals surface area (Å²) in [6.45, 7) is 3.56. The summed E-state index contributed by atoms with van der Waals surface area (Å²) in [5.41, 5.74) is 3.04. The van der Waals surface area contributed by atoms with E-state index in [0.717, 1.165) is 5.56 Å². The zero-order chi connectivity index (χ0) is 15.2. The van der Waals surface area contributed by atoms with Gasteiger partial charge >= 0.3 is 12.0 Å².